The van der Waals surface area contributed by atoms with E-state index < -0.39 is 0 Å². The molecule has 0 spiro atoms. The van der Waals surface area contributed by atoms with Crippen LogP contribution in [0.1, 0.15) is 11.3 Å². The topological polar surface area (TPSA) is 12.9 Å². The molecule has 2 rings (SSSR count). The van der Waals surface area contributed by atoms with E-state index in [1.807, 2.05) is 13.1 Å². The highest BCUT2D eigenvalue weighted by molar-refractivity contribution is 7.17. The molecular weight excluding hydrogens is 154 g/mol. The Kier molecular flexibility index (Phi) is 1.43. The first-order valence-corrected chi connectivity index (χ1v) is 4.46. The summed E-state index contributed by atoms with van der Waals surface area (Å²) in [5.41, 5.74) is 2.43. The highest BCUT2D eigenvalue weighted by Gasteiger charge is 1.98. The van der Waals surface area contributed by atoms with Crippen LogP contribution >= 0.6 is 11.3 Å². The Morgan fingerprint density at radius 1 is 1.36 bits per heavy atom. The van der Waals surface area contributed by atoms with E-state index >= 15 is 0 Å². The summed E-state index contributed by atoms with van der Waals surface area (Å²) in [7, 11) is 0. The smallest absolute Gasteiger partial charge is 0.0387 e. The summed E-state index contributed by atoms with van der Waals surface area (Å²) < 4.78 is 1.34. The number of hydrogen-bond donors (Lipinski definition) is 0. The van der Waals surface area contributed by atoms with Crippen molar-refractivity contribution in [1.82, 2.24) is 4.98 Å². The summed E-state index contributed by atoms with van der Waals surface area (Å²) in [5, 5.41) is 3.46. The SMILES string of the molecule is Cc1cc2scc(C)c2cn1. The summed E-state index contributed by atoms with van der Waals surface area (Å²) in [6, 6.07) is 2.13. The van der Waals surface area contributed by atoms with Gasteiger partial charge in [0.05, 0.1) is 0 Å². The van der Waals surface area contributed by atoms with Gasteiger partial charge in [-0.05, 0) is 30.9 Å². The zero-order valence-corrected chi connectivity index (χ0v) is 7.40. The molecule has 0 N–H and O–H groups in total. The van der Waals surface area contributed by atoms with Crippen LogP contribution in [0.15, 0.2) is 17.6 Å². The molecule has 0 radical (unpaired) electrons. The Balaban J connectivity index is 2.86. The van der Waals surface area contributed by atoms with Crippen molar-refractivity contribution >= 4 is 21.4 Å². The van der Waals surface area contributed by atoms with E-state index in [1.54, 1.807) is 11.3 Å². The molecule has 0 atom stereocenters. The number of nitrogens with zero attached hydrogens (tertiary/aromatic N) is 1. The van der Waals surface area contributed by atoms with Crippen LogP contribution in [0, 0.1) is 13.8 Å². The van der Waals surface area contributed by atoms with Crippen LogP contribution in [0.5, 0.6) is 0 Å². The fourth-order valence-corrected chi connectivity index (χ4v) is 2.15. The molecule has 56 valence electrons. The van der Waals surface area contributed by atoms with Crippen LogP contribution < -0.4 is 0 Å². The fourth-order valence-electron chi connectivity index (χ4n) is 1.14. The molecule has 0 aliphatic heterocycles. The molecule has 11 heavy (non-hydrogen) atoms. The lowest BCUT2D eigenvalue weighted by Crippen LogP contribution is -1.77. The van der Waals surface area contributed by atoms with Crippen LogP contribution in [0.3, 0.4) is 0 Å². The minimum absolute atomic E-state index is 1.10. The summed E-state index contributed by atoms with van der Waals surface area (Å²) in [5.74, 6) is 0. The van der Waals surface area contributed by atoms with E-state index in [1.165, 1.54) is 15.6 Å². The largest absolute Gasteiger partial charge is 0.261 e. The van der Waals surface area contributed by atoms with E-state index in [-0.39, 0.29) is 0 Å². The van der Waals surface area contributed by atoms with Crippen molar-refractivity contribution in [3.63, 3.8) is 0 Å². The van der Waals surface area contributed by atoms with Gasteiger partial charge in [0.15, 0.2) is 0 Å². The number of hydrogen-bond acceptors (Lipinski definition) is 2. The predicted molar refractivity (Wildman–Crippen MR) is 49.1 cm³/mol. The van der Waals surface area contributed by atoms with Gasteiger partial charge in [-0.2, -0.15) is 0 Å². The van der Waals surface area contributed by atoms with E-state index in [0.717, 1.165) is 5.69 Å². The van der Waals surface area contributed by atoms with E-state index in [9.17, 15) is 0 Å². The zero-order valence-electron chi connectivity index (χ0n) is 6.59. The molecule has 0 aromatic carbocycles. The van der Waals surface area contributed by atoms with Crippen molar-refractivity contribution in [2.24, 2.45) is 0 Å². The number of pyridine rings is 1. The highest BCUT2D eigenvalue weighted by Crippen LogP contribution is 2.24. The van der Waals surface area contributed by atoms with Crippen molar-refractivity contribution in [3.05, 3.63) is 28.9 Å². The second-order valence-corrected chi connectivity index (χ2v) is 3.65. The van der Waals surface area contributed by atoms with Crippen LogP contribution in [-0.4, -0.2) is 4.98 Å². The third-order valence-electron chi connectivity index (χ3n) is 1.79. The molecular formula is C9H9NS. The van der Waals surface area contributed by atoms with Crippen LogP contribution in [0.2, 0.25) is 0 Å². The van der Waals surface area contributed by atoms with Crippen LogP contribution in [-0.2, 0) is 0 Å². The molecule has 0 aliphatic rings. The van der Waals surface area contributed by atoms with Crippen molar-refractivity contribution in [2.45, 2.75) is 13.8 Å². The molecule has 2 heterocycles. The molecule has 2 aromatic heterocycles. The minimum atomic E-state index is 1.10. The van der Waals surface area contributed by atoms with Gasteiger partial charge in [0.1, 0.15) is 0 Å². The maximum absolute atomic E-state index is 4.25. The molecule has 0 saturated carbocycles. The zero-order chi connectivity index (χ0) is 7.84. The number of aryl methyl sites for hydroxylation is 2. The van der Waals surface area contributed by atoms with Crippen LogP contribution in [0.25, 0.3) is 10.1 Å². The second kappa shape index (κ2) is 2.31. The highest BCUT2D eigenvalue weighted by atomic mass is 32.1. The van der Waals surface area contributed by atoms with Gasteiger partial charge >= 0.3 is 0 Å². The van der Waals surface area contributed by atoms with Crippen LogP contribution in [0.4, 0.5) is 0 Å². The summed E-state index contributed by atoms with van der Waals surface area (Å²) in [4.78, 5) is 4.25. The number of thiophene rings is 1. The lowest BCUT2D eigenvalue weighted by Gasteiger charge is -1.91. The van der Waals surface area contributed by atoms with Gasteiger partial charge in [0.25, 0.3) is 0 Å². The first kappa shape index (κ1) is 6.80. The van der Waals surface area contributed by atoms with Crippen molar-refractivity contribution in [3.8, 4) is 0 Å². The molecule has 0 aliphatic carbocycles. The Hall–Kier alpha value is -0.890. The Labute approximate surface area is 69.7 Å². The van der Waals surface area contributed by atoms with Gasteiger partial charge < -0.3 is 0 Å². The van der Waals surface area contributed by atoms with Gasteiger partial charge in [0, 0.05) is 22.0 Å². The van der Waals surface area contributed by atoms with E-state index in [0.29, 0.717) is 0 Å². The van der Waals surface area contributed by atoms with Gasteiger partial charge in [-0.25, -0.2) is 0 Å². The van der Waals surface area contributed by atoms with Crippen molar-refractivity contribution < 1.29 is 0 Å². The third kappa shape index (κ3) is 1.03. The number of aromatic nitrogens is 1. The third-order valence-corrected chi connectivity index (χ3v) is 2.85. The Morgan fingerprint density at radius 3 is 3.00 bits per heavy atom. The Morgan fingerprint density at radius 2 is 2.18 bits per heavy atom. The lowest BCUT2D eigenvalue weighted by atomic mass is 10.2. The molecule has 0 unspecified atom stereocenters. The molecule has 2 aromatic rings. The van der Waals surface area contributed by atoms with Gasteiger partial charge in [-0.1, -0.05) is 0 Å². The maximum atomic E-state index is 4.25. The van der Waals surface area contributed by atoms with Gasteiger partial charge in [-0.15, -0.1) is 11.3 Å². The molecule has 0 fully saturated rings. The standard InChI is InChI=1S/C9H9NS/c1-6-5-11-9-3-7(2)10-4-8(6)9/h3-5H,1-2H3. The first-order valence-electron chi connectivity index (χ1n) is 3.58. The van der Waals surface area contributed by atoms with Gasteiger partial charge in [0.2, 0.25) is 0 Å². The predicted octanol–water partition coefficient (Wildman–Crippen LogP) is 2.91. The van der Waals surface area contributed by atoms with E-state index in [2.05, 4.69) is 23.4 Å². The number of rotatable bonds is 0. The molecule has 0 bridgehead atoms. The monoisotopic (exact) mass is 163 g/mol. The summed E-state index contributed by atoms with van der Waals surface area (Å²) >= 11 is 1.79. The molecule has 0 saturated heterocycles. The summed E-state index contributed by atoms with van der Waals surface area (Å²) in [6.07, 6.45) is 1.95. The lowest BCUT2D eigenvalue weighted by molar-refractivity contribution is 1.23. The van der Waals surface area contributed by atoms with Gasteiger partial charge in [-0.3, -0.25) is 4.98 Å². The molecule has 1 nitrogen and oxygen atoms in total. The fraction of sp³-hybridized carbons (Fsp3) is 0.222. The Bertz CT molecular complexity index is 389. The quantitative estimate of drug-likeness (QED) is 0.582. The van der Waals surface area contributed by atoms with Crippen molar-refractivity contribution in [1.29, 1.82) is 0 Å². The summed E-state index contributed by atoms with van der Waals surface area (Å²) in [6.45, 7) is 4.14. The van der Waals surface area contributed by atoms with Crippen molar-refractivity contribution in [2.75, 3.05) is 0 Å². The average Bonchev–Trinajstić information content (AvgIpc) is 2.32. The molecule has 2 heteroatoms. The first-order chi connectivity index (χ1) is 5.27. The molecule has 0 amide bonds. The minimum Gasteiger partial charge on any atom is -0.261 e. The normalized spacial score (nSPS) is 10.7. The number of fused-ring (bicyclic) bond motifs is 1. The maximum Gasteiger partial charge on any atom is 0.0387 e. The second-order valence-electron chi connectivity index (χ2n) is 2.74. The average molecular weight is 163 g/mol. The van der Waals surface area contributed by atoms with E-state index in [4.69, 9.17) is 0 Å².